The van der Waals surface area contributed by atoms with Crippen LogP contribution in [0.3, 0.4) is 0 Å². The lowest BCUT2D eigenvalue weighted by Crippen LogP contribution is -2.41. The highest BCUT2D eigenvalue weighted by atomic mass is 16.5. The highest BCUT2D eigenvalue weighted by molar-refractivity contribution is 5.94. The normalized spacial score (nSPS) is 13.5. The van der Waals surface area contributed by atoms with Crippen LogP contribution >= 0.6 is 0 Å². The van der Waals surface area contributed by atoms with Gasteiger partial charge in [-0.25, -0.2) is 4.79 Å². The summed E-state index contributed by atoms with van der Waals surface area (Å²) in [6, 6.07) is 6.89. The van der Waals surface area contributed by atoms with Crippen LogP contribution in [-0.2, 0) is 14.3 Å². The Balaban J connectivity index is 2.80. The van der Waals surface area contributed by atoms with Crippen LogP contribution in [0.15, 0.2) is 30.3 Å². The molecule has 0 fully saturated rings. The zero-order chi connectivity index (χ0) is 18.8. The van der Waals surface area contributed by atoms with Gasteiger partial charge in [-0.05, 0) is 37.8 Å². The fraction of sp³-hybridized carbons (Fsp3) is 0.500. The standard InChI is InChI=1S/C20H29NO4/c1-6-15(4)25-18-10-8-7-9-16(18)11-12-19(22)21-17(13-14(2)3)20(23)24-5/h7-12,14-15,17H,6,13H2,1-5H3,(H,21,22). The van der Waals surface area contributed by atoms with Crippen molar-refractivity contribution in [2.24, 2.45) is 5.92 Å². The first-order chi connectivity index (χ1) is 11.9. The highest BCUT2D eigenvalue weighted by Crippen LogP contribution is 2.21. The molecule has 1 aromatic carbocycles. The summed E-state index contributed by atoms with van der Waals surface area (Å²) in [5.41, 5.74) is 0.816. The third-order valence-electron chi connectivity index (χ3n) is 3.75. The molecule has 0 radical (unpaired) electrons. The molecule has 25 heavy (non-hydrogen) atoms. The largest absolute Gasteiger partial charge is 0.490 e. The number of carbonyl (C=O) groups excluding carboxylic acids is 2. The van der Waals surface area contributed by atoms with Gasteiger partial charge >= 0.3 is 5.97 Å². The molecule has 0 aliphatic rings. The maximum absolute atomic E-state index is 12.2. The van der Waals surface area contributed by atoms with Gasteiger partial charge in [0.1, 0.15) is 11.8 Å². The molecule has 1 rings (SSSR count). The summed E-state index contributed by atoms with van der Waals surface area (Å²) >= 11 is 0. The first-order valence-electron chi connectivity index (χ1n) is 8.69. The lowest BCUT2D eigenvalue weighted by molar-refractivity contribution is -0.145. The number of methoxy groups -OCH3 is 1. The Morgan fingerprint density at radius 3 is 2.48 bits per heavy atom. The van der Waals surface area contributed by atoms with Crippen LogP contribution in [0.5, 0.6) is 5.75 Å². The minimum atomic E-state index is -0.645. The van der Waals surface area contributed by atoms with E-state index in [0.717, 1.165) is 17.7 Å². The zero-order valence-corrected chi connectivity index (χ0v) is 15.7. The second-order valence-corrected chi connectivity index (χ2v) is 6.42. The molecule has 1 N–H and O–H groups in total. The molecule has 0 saturated carbocycles. The summed E-state index contributed by atoms with van der Waals surface area (Å²) < 4.78 is 10.6. The summed E-state index contributed by atoms with van der Waals surface area (Å²) in [6.45, 7) is 8.03. The molecule has 0 aliphatic heterocycles. The second-order valence-electron chi connectivity index (χ2n) is 6.42. The average Bonchev–Trinajstić information content (AvgIpc) is 2.59. The first-order valence-corrected chi connectivity index (χ1v) is 8.69. The number of benzene rings is 1. The Kier molecular flexibility index (Phi) is 8.75. The number of nitrogens with one attached hydrogen (secondary N) is 1. The van der Waals surface area contributed by atoms with Crippen LogP contribution in [0.25, 0.3) is 6.08 Å². The molecular formula is C20H29NO4. The van der Waals surface area contributed by atoms with Gasteiger partial charge in [0.2, 0.25) is 5.91 Å². The van der Waals surface area contributed by atoms with Gasteiger partial charge in [0.25, 0.3) is 0 Å². The van der Waals surface area contributed by atoms with Crippen molar-refractivity contribution in [1.82, 2.24) is 5.32 Å². The van der Waals surface area contributed by atoms with E-state index < -0.39 is 12.0 Å². The van der Waals surface area contributed by atoms with E-state index in [-0.39, 0.29) is 17.9 Å². The Hall–Kier alpha value is -2.30. The van der Waals surface area contributed by atoms with Crippen LogP contribution in [0, 0.1) is 5.92 Å². The van der Waals surface area contributed by atoms with Crippen LogP contribution in [0.2, 0.25) is 0 Å². The molecule has 5 heteroatoms. The number of esters is 1. The van der Waals surface area contributed by atoms with Crippen molar-refractivity contribution in [3.05, 3.63) is 35.9 Å². The molecule has 0 spiro atoms. The lowest BCUT2D eigenvalue weighted by Gasteiger charge is -2.17. The zero-order valence-electron chi connectivity index (χ0n) is 15.7. The minimum absolute atomic E-state index is 0.0955. The number of para-hydroxylation sites is 1. The van der Waals surface area contributed by atoms with Crippen molar-refractivity contribution in [2.45, 2.75) is 52.7 Å². The smallest absolute Gasteiger partial charge is 0.328 e. The van der Waals surface area contributed by atoms with E-state index in [1.807, 2.05) is 45.0 Å². The van der Waals surface area contributed by atoms with E-state index >= 15 is 0 Å². The molecule has 0 aromatic heterocycles. The van der Waals surface area contributed by atoms with E-state index in [9.17, 15) is 9.59 Å². The van der Waals surface area contributed by atoms with Crippen molar-refractivity contribution in [1.29, 1.82) is 0 Å². The number of hydrogen-bond acceptors (Lipinski definition) is 4. The van der Waals surface area contributed by atoms with Gasteiger partial charge in [-0.1, -0.05) is 39.0 Å². The fourth-order valence-corrected chi connectivity index (χ4v) is 2.24. The Morgan fingerprint density at radius 2 is 1.88 bits per heavy atom. The van der Waals surface area contributed by atoms with Gasteiger partial charge < -0.3 is 14.8 Å². The molecule has 0 heterocycles. The van der Waals surface area contributed by atoms with Gasteiger partial charge in [0.15, 0.2) is 0 Å². The number of amides is 1. The van der Waals surface area contributed by atoms with Crippen molar-refractivity contribution < 1.29 is 19.1 Å². The molecule has 5 nitrogen and oxygen atoms in total. The van der Waals surface area contributed by atoms with Crippen LogP contribution in [0.1, 0.15) is 46.1 Å². The van der Waals surface area contributed by atoms with E-state index in [1.54, 1.807) is 6.08 Å². The van der Waals surface area contributed by atoms with Crippen molar-refractivity contribution in [2.75, 3.05) is 7.11 Å². The summed E-state index contributed by atoms with van der Waals surface area (Å²) in [4.78, 5) is 24.0. The molecule has 0 aliphatic carbocycles. The molecule has 0 saturated heterocycles. The summed E-state index contributed by atoms with van der Waals surface area (Å²) in [5, 5.41) is 2.70. The lowest BCUT2D eigenvalue weighted by atomic mass is 10.0. The highest BCUT2D eigenvalue weighted by Gasteiger charge is 2.21. The molecule has 2 atom stereocenters. The third kappa shape index (κ3) is 7.42. The predicted octanol–water partition coefficient (Wildman–Crippen LogP) is 3.58. The van der Waals surface area contributed by atoms with Crippen LogP contribution in [-0.4, -0.2) is 31.1 Å². The number of carbonyl (C=O) groups is 2. The van der Waals surface area contributed by atoms with Crippen molar-refractivity contribution >= 4 is 18.0 Å². The van der Waals surface area contributed by atoms with E-state index in [0.29, 0.717) is 6.42 Å². The van der Waals surface area contributed by atoms with Crippen LogP contribution in [0.4, 0.5) is 0 Å². The number of hydrogen-bond donors (Lipinski definition) is 1. The fourth-order valence-electron chi connectivity index (χ4n) is 2.24. The predicted molar refractivity (Wildman–Crippen MR) is 99.3 cm³/mol. The van der Waals surface area contributed by atoms with E-state index in [1.165, 1.54) is 13.2 Å². The number of ether oxygens (including phenoxy) is 2. The average molecular weight is 347 g/mol. The Labute approximate surface area is 150 Å². The molecule has 1 aromatic rings. The molecular weight excluding hydrogens is 318 g/mol. The monoisotopic (exact) mass is 347 g/mol. The molecule has 1 amide bonds. The third-order valence-corrected chi connectivity index (χ3v) is 3.75. The summed E-state index contributed by atoms with van der Waals surface area (Å²) in [6.07, 6.45) is 4.62. The van der Waals surface area contributed by atoms with Gasteiger partial charge in [-0.15, -0.1) is 0 Å². The van der Waals surface area contributed by atoms with Gasteiger partial charge in [0.05, 0.1) is 13.2 Å². The minimum Gasteiger partial charge on any atom is -0.490 e. The quantitative estimate of drug-likeness (QED) is 0.548. The van der Waals surface area contributed by atoms with Crippen LogP contribution < -0.4 is 10.1 Å². The maximum Gasteiger partial charge on any atom is 0.328 e. The van der Waals surface area contributed by atoms with E-state index in [4.69, 9.17) is 9.47 Å². The van der Waals surface area contributed by atoms with Crippen molar-refractivity contribution in [3.63, 3.8) is 0 Å². The van der Waals surface area contributed by atoms with Gasteiger partial charge in [-0.3, -0.25) is 4.79 Å². The SMILES string of the molecule is CCC(C)Oc1ccccc1C=CC(=O)NC(CC(C)C)C(=O)OC. The Bertz CT molecular complexity index is 595. The van der Waals surface area contributed by atoms with E-state index in [2.05, 4.69) is 12.2 Å². The first kappa shape index (κ1) is 20.7. The van der Waals surface area contributed by atoms with Gasteiger partial charge in [-0.2, -0.15) is 0 Å². The molecule has 138 valence electrons. The second kappa shape index (κ2) is 10.5. The summed E-state index contributed by atoms with van der Waals surface area (Å²) in [7, 11) is 1.32. The molecule has 0 bridgehead atoms. The number of rotatable bonds is 9. The topological polar surface area (TPSA) is 64.6 Å². The van der Waals surface area contributed by atoms with Crippen molar-refractivity contribution in [3.8, 4) is 5.75 Å². The maximum atomic E-state index is 12.2. The molecule has 2 unspecified atom stereocenters. The Morgan fingerprint density at radius 1 is 1.20 bits per heavy atom. The van der Waals surface area contributed by atoms with Gasteiger partial charge in [0, 0.05) is 11.6 Å². The summed E-state index contributed by atoms with van der Waals surface area (Å²) in [5.74, 6) is 0.219.